The highest BCUT2D eigenvalue weighted by Crippen LogP contribution is 2.36. The van der Waals surface area contributed by atoms with Crippen LogP contribution < -0.4 is 5.32 Å². The van der Waals surface area contributed by atoms with Gasteiger partial charge in [-0.05, 0) is 24.4 Å². The third kappa shape index (κ3) is 4.77. The highest BCUT2D eigenvalue weighted by Gasteiger charge is 2.36. The van der Waals surface area contributed by atoms with Crippen LogP contribution >= 0.6 is 19.2 Å². The first-order valence-corrected chi connectivity index (χ1v) is 11.2. The lowest BCUT2D eigenvalue weighted by Crippen LogP contribution is -2.26. The van der Waals surface area contributed by atoms with Crippen molar-refractivity contribution < 1.29 is 28.9 Å². The number of aliphatic hydroxyl groups is 1. The molecule has 0 amide bonds. The molecular formula is C16H21ClN5O6P. The molecule has 1 aliphatic heterocycles. The summed E-state index contributed by atoms with van der Waals surface area (Å²) < 4.78 is 23.3. The number of hydrogen-bond donors (Lipinski definition) is 4. The van der Waals surface area contributed by atoms with E-state index in [-0.39, 0.29) is 24.4 Å². The van der Waals surface area contributed by atoms with Gasteiger partial charge in [-0.25, -0.2) is 4.98 Å². The summed E-state index contributed by atoms with van der Waals surface area (Å²) in [5.41, 5.74) is 1.01. The largest absolute Gasteiger partial charge is 0.390 e. The van der Waals surface area contributed by atoms with Crippen LogP contribution in [0.4, 0.5) is 5.82 Å². The van der Waals surface area contributed by atoms with Gasteiger partial charge in [0.1, 0.15) is 18.7 Å². The fourth-order valence-corrected chi connectivity index (χ4v) is 3.96. The number of rotatable bonds is 7. The number of ether oxygens (including phenoxy) is 2. The van der Waals surface area contributed by atoms with E-state index < -0.39 is 32.4 Å². The molecule has 2 aromatic heterocycles. The van der Waals surface area contributed by atoms with Crippen molar-refractivity contribution in [2.75, 3.05) is 18.3 Å². The average Bonchev–Trinajstić information content (AvgIpc) is 3.34. The summed E-state index contributed by atoms with van der Waals surface area (Å²) in [7, 11) is -4.28. The number of imidazole rings is 1. The molecule has 11 nitrogen and oxygen atoms in total. The Morgan fingerprint density at radius 3 is 2.83 bits per heavy atom. The van der Waals surface area contributed by atoms with Crippen LogP contribution in [0.5, 0.6) is 0 Å². The molecule has 4 N–H and O–H groups in total. The van der Waals surface area contributed by atoms with E-state index >= 15 is 0 Å². The quantitative estimate of drug-likeness (QED) is 0.279. The molecule has 0 radical (unpaired) electrons. The van der Waals surface area contributed by atoms with Crippen LogP contribution in [0.15, 0.2) is 18.5 Å². The zero-order valence-corrected chi connectivity index (χ0v) is 16.9. The zero-order chi connectivity index (χ0) is 20.6. The summed E-state index contributed by atoms with van der Waals surface area (Å²) in [5.74, 6) is 0.535. The Labute approximate surface area is 170 Å². The lowest BCUT2D eigenvalue weighted by atomic mass is 10.2. The number of nitrogens with one attached hydrogen (secondary N) is 1. The van der Waals surface area contributed by atoms with Crippen molar-refractivity contribution in [3.8, 4) is 0 Å². The molecule has 3 atom stereocenters. The van der Waals surface area contributed by atoms with Crippen molar-refractivity contribution in [2.24, 2.45) is 0 Å². The van der Waals surface area contributed by atoms with Gasteiger partial charge in [-0.3, -0.25) is 9.13 Å². The van der Waals surface area contributed by atoms with Gasteiger partial charge < -0.3 is 29.7 Å². The molecule has 3 heterocycles. The Morgan fingerprint density at radius 1 is 1.34 bits per heavy atom. The topological polar surface area (TPSA) is 152 Å². The van der Waals surface area contributed by atoms with Gasteiger partial charge in [-0.2, -0.15) is 9.97 Å². The monoisotopic (exact) mass is 445 g/mol. The van der Waals surface area contributed by atoms with Crippen LogP contribution in [-0.4, -0.2) is 65.6 Å². The number of hydrogen-bond acceptors (Lipinski definition) is 8. The predicted molar refractivity (Wildman–Crippen MR) is 104 cm³/mol. The van der Waals surface area contributed by atoms with Crippen molar-refractivity contribution in [1.29, 1.82) is 0 Å². The molecule has 29 heavy (non-hydrogen) atoms. The van der Waals surface area contributed by atoms with Crippen molar-refractivity contribution >= 4 is 36.2 Å². The average molecular weight is 446 g/mol. The smallest absolute Gasteiger partial charge is 0.350 e. The number of nitrogens with zero attached hydrogens (tertiary/aromatic N) is 4. The maximum atomic E-state index is 10.9. The van der Waals surface area contributed by atoms with Crippen LogP contribution in [0.3, 0.4) is 0 Å². The summed E-state index contributed by atoms with van der Waals surface area (Å²) in [4.78, 5) is 30.6. The fraction of sp³-hybridized carbons (Fsp3) is 0.562. The lowest BCUT2D eigenvalue weighted by Gasteiger charge is -2.16. The summed E-state index contributed by atoms with van der Waals surface area (Å²) in [6.45, 7) is -0.146. The molecule has 1 aliphatic carbocycles. The van der Waals surface area contributed by atoms with Crippen molar-refractivity contribution in [3.05, 3.63) is 23.8 Å². The molecule has 2 aromatic rings. The second-order valence-corrected chi connectivity index (χ2v) is 8.97. The van der Waals surface area contributed by atoms with Crippen LogP contribution in [-0.2, 0) is 14.0 Å². The maximum Gasteiger partial charge on any atom is 0.350 e. The van der Waals surface area contributed by atoms with E-state index in [0.29, 0.717) is 17.0 Å². The van der Waals surface area contributed by atoms with E-state index in [1.807, 2.05) is 0 Å². The van der Waals surface area contributed by atoms with Gasteiger partial charge in [0.25, 0.3) is 0 Å². The van der Waals surface area contributed by atoms with E-state index in [9.17, 15) is 9.67 Å². The van der Waals surface area contributed by atoms with Gasteiger partial charge in [-0.1, -0.05) is 12.2 Å². The SMILES string of the molecule is O=P(O)(O)COC[C@H]1OC(n2cnc3c(NC4CC=CC4)nc(Cl)nc32)C[C@@H]1O. The van der Waals surface area contributed by atoms with Crippen LogP contribution in [0, 0.1) is 0 Å². The van der Waals surface area contributed by atoms with Crippen molar-refractivity contribution in [3.63, 3.8) is 0 Å². The van der Waals surface area contributed by atoms with Crippen LogP contribution in [0.1, 0.15) is 25.5 Å². The van der Waals surface area contributed by atoms with Gasteiger partial charge in [0.15, 0.2) is 17.0 Å². The Bertz CT molecular complexity index is 957. The Hall–Kier alpha value is -1.59. The summed E-state index contributed by atoms with van der Waals surface area (Å²) in [5, 5.41) is 13.6. The van der Waals surface area contributed by atoms with E-state index in [1.165, 1.54) is 0 Å². The first-order valence-electron chi connectivity index (χ1n) is 9.07. The van der Waals surface area contributed by atoms with Gasteiger partial charge in [-0.15, -0.1) is 0 Å². The first kappa shape index (κ1) is 20.7. The van der Waals surface area contributed by atoms with E-state index in [2.05, 4.69) is 32.4 Å². The molecule has 1 unspecified atom stereocenters. The Morgan fingerprint density at radius 2 is 2.10 bits per heavy atom. The van der Waals surface area contributed by atoms with E-state index in [0.717, 1.165) is 12.8 Å². The maximum absolute atomic E-state index is 10.9. The lowest BCUT2D eigenvalue weighted by molar-refractivity contribution is -0.0564. The molecule has 1 saturated heterocycles. The summed E-state index contributed by atoms with van der Waals surface area (Å²) in [6, 6.07) is 0.217. The minimum Gasteiger partial charge on any atom is -0.390 e. The Kier molecular flexibility index (Phi) is 5.90. The molecule has 158 valence electrons. The molecule has 1 fully saturated rings. The third-order valence-electron chi connectivity index (χ3n) is 4.80. The standard InChI is InChI=1S/C16H21ClN5O6P/c17-16-20-14(19-9-3-1-2-4-9)13-15(21-16)22(7-18-13)12-5-10(23)11(28-12)6-27-8-29(24,25)26/h1-2,7,9-12,23H,3-6,8H2,(H,19,20,21)(H2,24,25,26)/t10-,11+,12?/m0/s1. The third-order valence-corrected chi connectivity index (χ3v) is 5.49. The molecule has 2 aliphatic rings. The molecule has 0 aromatic carbocycles. The molecule has 0 bridgehead atoms. The van der Waals surface area contributed by atoms with Crippen LogP contribution in [0.25, 0.3) is 11.2 Å². The number of aromatic nitrogens is 4. The molecule has 0 saturated carbocycles. The van der Waals surface area contributed by atoms with Gasteiger partial charge in [0.2, 0.25) is 5.28 Å². The van der Waals surface area contributed by atoms with E-state index in [4.69, 9.17) is 30.9 Å². The highest BCUT2D eigenvalue weighted by molar-refractivity contribution is 7.51. The van der Waals surface area contributed by atoms with Gasteiger partial charge in [0, 0.05) is 12.5 Å². The Balaban J connectivity index is 1.50. The molecule has 13 heteroatoms. The van der Waals surface area contributed by atoms with Crippen molar-refractivity contribution in [1.82, 2.24) is 19.5 Å². The molecule has 4 rings (SSSR count). The minimum absolute atomic E-state index is 0.0628. The normalized spacial score (nSPS) is 25.3. The number of fused-ring (bicyclic) bond motifs is 1. The predicted octanol–water partition coefficient (Wildman–Crippen LogP) is 1.41. The van der Waals surface area contributed by atoms with Gasteiger partial charge >= 0.3 is 7.60 Å². The summed E-state index contributed by atoms with van der Waals surface area (Å²) in [6.07, 6.45) is 4.85. The van der Waals surface area contributed by atoms with Crippen molar-refractivity contribution in [2.45, 2.75) is 43.7 Å². The molecule has 0 spiro atoms. The number of aliphatic hydroxyl groups excluding tert-OH is 1. The second-order valence-electron chi connectivity index (χ2n) is 7.05. The van der Waals surface area contributed by atoms with E-state index in [1.54, 1.807) is 10.9 Å². The fourth-order valence-electron chi connectivity index (χ4n) is 3.45. The number of halogens is 1. The second kappa shape index (κ2) is 8.27. The summed E-state index contributed by atoms with van der Waals surface area (Å²) >= 11 is 6.11. The zero-order valence-electron chi connectivity index (χ0n) is 15.3. The number of anilines is 1. The van der Waals surface area contributed by atoms with Gasteiger partial charge in [0.05, 0.1) is 19.0 Å². The molecular weight excluding hydrogens is 425 g/mol. The first-order chi connectivity index (χ1) is 13.8. The van der Waals surface area contributed by atoms with Crippen LogP contribution in [0.2, 0.25) is 5.28 Å². The highest BCUT2D eigenvalue weighted by atomic mass is 35.5. The minimum atomic E-state index is -4.28.